The van der Waals surface area contributed by atoms with Crippen molar-refractivity contribution in [1.82, 2.24) is 14.9 Å². The summed E-state index contributed by atoms with van der Waals surface area (Å²) in [6, 6.07) is 14.5. The van der Waals surface area contributed by atoms with Gasteiger partial charge < -0.3 is 5.32 Å². The molecule has 0 atom stereocenters. The largest absolute Gasteiger partial charge is 0.350 e. The molecule has 0 unspecified atom stereocenters. The number of nitrogens with one attached hydrogen (secondary N) is 1. The summed E-state index contributed by atoms with van der Waals surface area (Å²) in [6.45, 7) is 0.336. The summed E-state index contributed by atoms with van der Waals surface area (Å²) < 4.78 is 1.28. The van der Waals surface area contributed by atoms with Crippen LogP contribution in [0.5, 0.6) is 0 Å². The topological polar surface area (TPSA) is 64.0 Å². The van der Waals surface area contributed by atoms with E-state index in [4.69, 9.17) is 11.6 Å². The Labute approximate surface area is 137 Å². The Hall–Kier alpha value is -2.66. The summed E-state index contributed by atoms with van der Waals surface area (Å²) in [4.78, 5) is 28.6. The summed E-state index contributed by atoms with van der Waals surface area (Å²) in [6.07, 6.45) is 1.38. The lowest BCUT2D eigenvalue weighted by Gasteiger charge is -2.08. The molecule has 0 saturated heterocycles. The lowest BCUT2D eigenvalue weighted by Crippen LogP contribution is -2.32. The summed E-state index contributed by atoms with van der Waals surface area (Å²) in [7, 11) is 0. The first-order valence-electron chi connectivity index (χ1n) is 7.09. The molecule has 1 aromatic heterocycles. The van der Waals surface area contributed by atoms with Crippen molar-refractivity contribution in [2.45, 2.75) is 13.1 Å². The molecule has 0 bridgehead atoms. The highest BCUT2D eigenvalue weighted by Crippen LogP contribution is 2.13. The zero-order valence-corrected chi connectivity index (χ0v) is 13.0. The third-order valence-electron chi connectivity index (χ3n) is 3.43. The van der Waals surface area contributed by atoms with E-state index in [0.29, 0.717) is 22.5 Å². The Kier molecular flexibility index (Phi) is 4.39. The first kappa shape index (κ1) is 15.2. The minimum atomic E-state index is -0.285. The van der Waals surface area contributed by atoms with Crippen LogP contribution in [0, 0.1) is 0 Å². The van der Waals surface area contributed by atoms with Crippen molar-refractivity contribution < 1.29 is 4.79 Å². The van der Waals surface area contributed by atoms with Crippen molar-refractivity contribution in [2.24, 2.45) is 0 Å². The Morgan fingerprint density at radius 2 is 1.96 bits per heavy atom. The first-order valence-corrected chi connectivity index (χ1v) is 7.46. The molecule has 0 radical (unpaired) electrons. The molecular formula is C17H14ClN3O2. The molecule has 0 spiro atoms. The van der Waals surface area contributed by atoms with Gasteiger partial charge in [0.15, 0.2) is 0 Å². The Morgan fingerprint density at radius 3 is 2.74 bits per heavy atom. The molecule has 116 valence electrons. The van der Waals surface area contributed by atoms with Crippen LogP contribution in [0.4, 0.5) is 0 Å². The quantitative estimate of drug-likeness (QED) is 0.800. The van der Waals surface area contributed by atoms with E-state index in [1.165, 1.54) is 10.9 Å². The van der Waals surface area contributed by atoms with Crippen LogP contribution in [0.3, 0.4) is 0 Å². The van der Waals surface area contributed by atoms with E-state index >= 15 is 0 Å². The second kappa shape index (κ2) is 6.62. The van der Waals surface area contributed by atoms with Gasteiger partial charge >= 0.3 is 0 Å². The zero-order valence-electron chi connectivity index (χ0n) is 12.2. The highest BCUT2D eigenvalue weighted by molar-refractivity contribution is 6.31. The van der Waals surface area contributed by atoms with Gasteiger partial charge in [0.25, 0.3) is 5.56 Å². The summed E-state index contributed by atoms with van der Waals surface area (Å²) in [5.41, 5.74) is 1.27. The molecular weight excluding hydrogens is 314 g/mol. The molecule has 0 saturated carbocycles. The second-order valence-electron chi connectivity index (χ2n) is 5.10. The zero-order chi connectivity index (χ0) is 16.2. The van der Waals surface area contributed by atoms with Crippen molar-refractivity contribution in [3.63, 3.8) is 0 Å². The fraction of sp³-hybridized carbons (Fsp3) is 0.118. The number of halogens is 1. The van der Waals surface area contributed by atoms with E-state index in [1.54, 1.807) is 18.2 Å². The van der Waals surface area contributed by atoms with Gasteiger partial charge in [0.1, 0.15) is 6.54 Å². The number of hydrogen-bond acceptors (Lipinski definition) is 3. The Balaban J connectivity index is 1.75. The number of benzene rings is 2. The molecule has 1 heterocycles. The minimum Gasteiger partial charge on any atom is -0.350 e. The molecule has 23 heavy (non-hydrogen) atoms. The van der Waals surface area contributed by atoms with Crippen molar-refractivity contribution in [3.05, 3.63) is 75.8 Å². The fourth-order valence-corrected chi connectivity index (χ4v) is 2.42. The van der Waals surface area contributed by atoms with Crippen molar-refractivity contribution in [3.8, 4) is 0 Å². The molecule has 1 N–H and O–H groups in total. The van der Waals surface area contributed by atoms with Gasteiger partial charge in [-0.05, 0) is 23.8 Å². The van der Waals surface area contributed by atoms with Crippen LogP contribution in [-0.4, -0.2) is 15.5 Å². The van der Waals surface area contributed by atoms with Gasteiger partial charge in [0.05, 0.1) is 17.2 Å². The predicted molar refractivity (Wildman–Crippen MR) is 89.3 cm³/mol. The van der Waals surface area contributed by atoms with Gasteiger partial charge in [-0.15, -0.1) is 0 Å². The van der Waals surface area contributed by atoms with Crippen LogP contribution in [0.2, 0.25) is 5.02 Å². The lowest BCUT2D eigenvalue weighted by atomic mass is 10.2. The predicted octanol–water partition coefficient (Wildman–Crippen LogP) is 2.37. The van der Waals surface area contributed by atoms with Crippen LogP contribution in [-0.2, 0) is 17.9 Å². The number of fused-ring (bicyclic) bond motifs is 1. The van der Waals surface area contributed by atoms with E-state index < -0.39 is 0 Å². The fourth-order valence-electron chi connectivity index (χ4n) is 2.25. The molecule has 3 aromatic rings. The maximum atomic E-state index is 12.4. The lowest BCUT2D eigenvalue weighted by molar-refractivity contribution is -0.121. The third kappa shape index (κ3) is 3.57. The van der Waals surface area contributed by atoms with Gasteiger partial charge in [-0.1, -0.05) is 41.9 Å². The standard InChI is InChI=1S/C17H14ClN3O2/c18-13-6-7-15-14(8-13)17(23)21(11-20-15)10-16(22)19-9-12-4-2-1-3-5-12/h1-8,11H,9-10H2,(H,19,22). The number of carbonyl (C=O) groups excluding carboxylic acids is 1. The van der Waals surface area contributed by atoms with E-state index in [2.05, 4.69) is 10.3 Å². The van der Waals surface area contributed by atoms with Crippen molar-refractivity contribution in [1.29, 1.82) is 0 Å². The second-order valence-corrected chi connectivity index (χ2v) is 5.54. The molecule has 3 rings (SSSR count). The Morgan fingerprint density at radius 1 is 1.17 bits per heavy atom. The van der Waals surface area contributed by atoms with Crippen LogP contribution < -0.4 is 10.9 Å². The maximum absolute atomic E-state index is 12.4. The van der Waals surface area contributed by atoms with E-state index in [-0.39, 0.29) is 18.0 Å². The van der Waals surface area contributed by atoms with Gasteiger partial charge in [0.2, 0.25) is 5.91 Å². The molecule has 1 amide bonds. The maximum Gasteiger partial charge on any atom is 0.261 e. The van der Waals surface area contributed by atoms with Crippen molar-refractivity contribution in [2.75, 3.05) is 0 Å². The van der Waals surface area contributed by atoms with Crippen molar-refractivity contribution >= 4 is 28.4 Å². The van der Waals surface area contributed by atoms with Crippen LogP contribution in [0.15, 0.2) is 59.7 Å². The van der Waals surface area contributed by atoms with E-state index in [9.17, 15) is 9.59 Å². The van der Waals surface area contributed by atoms with E-state index in [1.807, 2.05) is 30.3 Å². The highest BCUT2D eigenvalue weighted by Gasteiger charge is 2.08. The smallest absolute Gasteiger partial charge is 0.261 e. The van der Waals surface area contributed by atoms with Gasteiger partial charge in [-0.2, -0.15) is 0 Å². The number of nitrogens with zero attached hydrogens (tertiary/aromatic N) is 2. The molecule has 6 heteroatoms. The first-order chi connectivity index (χ1) is 11.1. The van der Waals surface area contributed by atoms with Gasteiger partial charge in [-0.25, -0.2) is 4.98 Å². The number of aromatic nitrogens is 2. The van der Waals surface area contributed by atoms with Crippen LogP contribution in [0.25, 0.3) is 10.9 Å². The van der Waals surface area contributed by atoms with Crippen LogP contribution >= 0.6 is 11.6 Å². The number of hydrogen-bond donors (Lipinski definition) is 1. The number of rotatable bonds is 4. The summed E-state index contributed by atoms with van der Waals surface area (Å²) >= 11 is 5.91. The molecule has 0 aliphatic rings. The third-order valence-corrected chi connectivity index (χ3v) is 3.67. The van der Waals surface area contributed by atoms with Crippen LogP contribution in [0.1, 0.15) is 5.56 Å². The average molecular weight is 328 g/mol. The van der Waals surface area contributed by atoms with E-state index in [0.717, 1.165) is 5.56 Å². The molecule has 0 fully saturated rings. The molecule has 5 nitrogen and oxygen atoms in total. The molecule has 0 aliphatic heterocycles. The Bertz CT molecular complexity index is 907. The summed E-state index contributed by atoms with van der Waals surface area (Å²) in [5.74, 6) is -0.251. The minimum absolute atomic E-state index is 0.0822. The SMILES string of the molecule is O=C(Cn1cnc2ccc(Cl)cc2c1=O)NCc1ccccc1. The normalized spacial score (nSPS) is 10.7. The number of amides is 1. The highest BCUT2D eigenvalue weighted by atomic mass is 35.5. The van der Waals surface area contributed by atoms with Gasteiger partial charge in [-0.3, -0.25) is 14.2 Å². The molecule has 2 aromatic carbocycles. The number of carbonyl (C=O) groups is 1. The molecule has 0 aliphatic carbocycles. The van der Waals surface area contributed by atoms with Gasteiger partial charge in [0, 0.05) is 11.6 Å². The average Bonchev–Trinajstić information content (AvgIpc) is 2.57. The monoisotopic (exact) mass is 327 g/mol. The summed E-state index contributed by atoms with van der Waals surface area (Å²) in [5, 5.41) is 3.64.